The molecule has 3 rings (SSSR count). The summed E-state index contributed by atoms with van der Waals surface area (Å²) in [5.41, 5.74) is 1.64. The van der Waals surface area contributed by atoms with E-state index in [0.717, 1.165) is 12.0 Å². The molecule has 1 amide bonds. The Labute approximate surface area is 160 Å². The van der Waals surface area contributed by atoms with Crippen LogP contribution in [-0.2, 0) is 18.3 Å². The van der Waals surface area contributed by atoms with Gasteiger partial charge in [0.15, 0.2) is 5.16 Å². The molecule has 1 N–H and O–H groups in total. The lowest BCUT2D eigenvalue weighted by atomic mass is 10.1. The number of rotatable bonds is 6. The third-order valence-electron chi connectivity index (χ3n) is 3.92. The summed E-state index contributed by atoms with van der Waals surface area (Å²) in [5.74, 6) is 0.116. The Bertz CT molecular complexity index is 986. The molecule has 1 heterocycles. The van der Waals surface area contributed by atoms with Crippen molar-refractivity contribution in [3.8, 4) is 0 Å². The molecule has 26 heavy (non-hydrogen) atoms. The van der Waals surface area contributed by atoms with Gasteiger partial charge in [-0.3, -0.25) is 14.2 Å². The number of para-hydroxylation sites is 1. The first-order chi connectivity index (χ1) is 12.5. The Morgan fingerprint density at radius 3 is 2.69 bits per heavy atom. The van der Waals surface area contributed by atoms with E-state index < -0.39 is 0 Å². The highest BCUT2D eigenvalue weighted by Crippen LogP contribution is 2.16. The van der Waals surface area contributed by atoms with Crippen molar-refractivity contribution in [2.45, 2.75) is 11.6 Å². The van der Waals surface area contributed by atoms with Crippen LogP contribution < -0.4 is 10.9 Å². The van der Waals surface area contributed by atoms with Gasteiger partial charge in [0.1, 0.15) is 0 Å². The van der Waals surface area contributed by atoms with Crippen molar-refractivity contribution in [3.05, 3.63) is 69.5 Å². The molecular weight excluding hydrogens is 370 g/mol. The predicted octanol–water partition coefficient (Wildman–Crippen LogP) is 3.04. The number of hydrogen-bond donors (Lipinski definition) is 1. The van der Waals surface area contributed by atoms with E-state index in [-0.39, 0.29) is 17.2 Å². The third kappa shape index (κ3) is 4.45. The van der Waals surface area contributed by atoms with Crippen LogP contribution in [0, 0.1) is 0 Å². The maximum absolute atomic E-state index is 12.3. The van der Waals surface area contributed by atoms with Crippen LogP contribution >= 0.6 is 23.4 Å². The number of benzene rings is 2. The molecule has 0 fully saturated rings. The second kappa shape index (κ2) is 8.38. The SMILES string of the molecule is Cn1c(SCC(=O)NCCc2ccc(Cl)cc2)nc2ccccc2c1=O. The zero-order valence-electron chi connectivity index (χ0n) is 14.2. The summed E-state index contributed by atoms with van der Waals surface area (Å²) in [6.45, 7) is 0.547. The normalized spacial score (nSPS) is 10.8. The molecule has 0 aliphatic heterocycles. The van der Waals surface area contributed by atoms with Gasteiger partial charge in [0.2, 0.25) is 5.91 Å². The van der Waals surface area contributed by atoms with Gasteiger partial charge in [-0.1, -0.05) is 47.6 Å². The maximum Gasteiger partial charge on any atom is 0.261 e. The van der Waals surface area contributed by atoms with Crippen LogP contribution in [0.4, 0.5) is 0 Å². The largest absolute Gasteiger partial charge is 0.355 e. The number of nitrogens with one attached hydrogen (secondary N) is 1. The summed E-state index contributed by atoms with van der Waals surface area (Å²) in [7, 11) is 1.67. The Morgan fingerprint density at radius 1 is 1.19 bits per heavy atom. The number of fused-ring (bicyclic) bond motifs is 1. The van der Waals surface area contributed by atoms with Gasteiger partial charge in [0, 0.05) is 18.6 Å². The third-order valence-corrected chi connectivity index (χ3v) is 5.21. The van der Waals surface area contributed by atoms with E-state index in [1.54, 1.807) is 19.2 Å². The highest BCUT2D eigenvalue weighted by molar-refractivity contribution is 7.99. The van der Waals surface area contributed by atoms with E-state index in [1.165, 1.54) is 16.3 Å². The lowest BCUT2D eigenvalue weighted by molar-refractivity contribution is -0.118. The molecule has 0 saturated heterocycles. The zero-order valence-corrected chi connectivity index (χ0v) is 15.8. The highest BCUT2D eigenvalue weighted by atomic mass is 35.5. The van der Waals surface area contributed by atoms with E-state index in [1.807, 2.05) is 36.4 Å². The molecule has 134 valence electrons. The van der Waals surface area contributed by atoms with Gasteiger partial charge in [0.25, 0.3) is 5.56 Å². The average Bonchev–Trinajstić information content (AvgIpc) is 2.65. The molecule has 0 bridgehead atoms. The molecule has 0 aliphatic carbocycles. The Morgan fingerprint density at radius 2 is 1.92 bits per heavy atom. The topological polar surface area (TPSA) is 64.0 Å². The molecule has 0 spiro atoms. The van der Waals surface area contributed by atoms with Crippen molar-refractivity contribution in [1.82, 2.24) is 14.9 Å². The lowest BCUT2D eigenvalue weighted by Gasteiger charge is -2.09. The van der Waals surface area contributed by atoms with Crippen LogP contribution in [0.5, 0.6) is 0 Å². The summed E-state index contributed by atoms with van der Waals surface area (Å²) in [5, 5.41) is 4.68. The van der Waals surface area contributed by atoms with Gasteiger partial charge in [-0.05, 0) is 36.2 Å². The van der Waals surface area contributed by atoms with Gasteiger partial charge in [-0.25, -0.2) is 4.98 Å². The lowest BCUT2D eigenvalue weighted by Crippen LogP contribution is -2.28. The van der Waals surface area contributed by atoms with Gasteiger partial charge in [-0.2, -0.15) is 0 Å². The summed E-state index contributed by atoms with van der Waals surface area (Å²) in [4.78, 5) is 28.9. The summed E-state index contributed by atoms with van der Waals surface area (Å²) in [6, 6.07) is 14.8. The first-order valence-electron chi connectivity index (χ1n) is 8.14. The fourth-order valence-corrected chi connectivity index (χ4v) is 3.43. The summed E-state index contributed by atoms with van der Waals surface area (Å²) >= 11 is 7.11. The number of hydrogen-bond acceptors (Lipinski definition) is 4. The Hall–Kier alpha value is -2.31. The molecule has 7 heteroatoms. The number of thioether (sulfide) groups is 1. The van der Waals surface area contributed by atoms with Crippen LogP contribution in [-0.4, -0.2) is 27.8 Å². The Balaban J connectivity index is 1.56. The monoisotopic (exact) mass is 387 g/mol. The van der Waals surface area contributed by atoms with Crippen molar-refractivity contribution < 1.29 is 4.79 Å². The maximum atomic E-state index is 12.3. The smallest absolute Gasteiger partial charge is 0.261 e. The number of carbonyl (C=O) groups excluding carboxylic acids is 1. The molecule has 0 unspecified atom stereocenters. The van der Waals surface area contributed by atoms with Crippen LogP contribution in [0.1, 0.15) is 5.56 Å². The van der Waals surface area contributed by atoms with Crippen LogP contribution in [0.15, 0.2) is 58.5 Å². The van der Waals surface area contributed by atoms with Crippen LogP contribution in [0.3, 0.4) is 0 Å². The van der Waals surface area contributed by atoms with Crippen molar-refractivity contribution in [2.75, 3.05) is 12.3 Å². The van der Waals surface area contributed by atoms with Crippen molar-refractivity contribution in [2.24, 2.45) is 7.05 Å². The van der Waals surface area contributed by atoms with E-state index >= 15 is 0 Å². The quantitative estimate of drug-likeness (QED) is 0.521. The van der Waals surface area contributed by atoms with Gasteiger partial charge in [0.05, 0.1) is 16.7 Å². The van der Waals surface area contributed by atoms with Gasteiger partial charge in [-0.15, -0.1) is 0 Å². The van der Waals surface area contributed by atoms with E-state index in [0.29, 0.717) is 27.6 Å². The number of amides is 1. The number of nitrogens with zero attached hydrogens (tertiary/aromatic N) is 2. The molecule has 0 aliphatic rings. The highest BCUT2D eigenvalue weighted by Gasteiger charge is 2.10. The number of aromatic nitrogens is 2. The van der Waals surface area contributed by atoms with Crippen molar-refractivity contribution >= 4 is 40.2 Å². The first kappa shape index (κ1) is 18.5. The molecule has 1 aromatic heterocycles. The van der Waals surface area contributed by atoms with Crippen molar-refractivity contribution in [3.63, 3.8) is 0 Å². The molecule has 5 nitrogen and oxygen atoms in total. The fourth-order valence-electron chi connectivity index (χ4n) is 2.51. The van der Waals surface area contributed by atoms with E-state index in [9.17, 15) is 9.59 Å². The predicted molar refractivity (Wildman–Crippen MR) is 106 cm³/mol. The van der Waals surface area contributed by atoms with Crippen LogP contribution in [0.2, 0.25) is 5.02 Å². The van der Waals surface area contributed by atoms with Crippen LogP contribution in [0.25, 0.3) is 10.9 Å². The molecule has 2 aromatic carbocycles. The zero-order chi connectivity index (χ0) is 18.5. The number of halogens is 1. The molecule has 0 atom stereocenters. The Kier molecular flexibility index (Phi) is 5.96. The molecule has 0 radical (unpaired) electrons. The summed E-state index contributed by atoms with van der Waals surface area (Å²) < 4.78 is 1.48. The second-order valence-electron chi connectivity index (χ2n) is 5.79. The van der Waals surface area contributed by atoms with Crippen molar-refractivity contribution in [1.29, 1.82) is 0 Å². The number of carbonyl (C=O) groups is 1. The average molecular weight is 388 g/mol. The molecule has 0 saturated carbocycles. The first-order valence-corrected chi connectivity index (χ1v) is 9.50. The van der Waals surface area contributed by atoms with E-state index in [2.05, 4.69) is 10.3 Å². The fraction of sp³-hybridized carbons (Fsp3) is 0.211. The standard InChI is InChI=1S/C19H18ClN3O2S/c1-23-18(25)15-4-2-3-5-16(15)22-19(23)26-12-17(24)21-11-10-13-6-8-14(20)9-7-13/h2-9H,10-12H2,1H3,(H,21,24). The minimum atomic E-state index is -0.110. The minimum Gasteiger partial charge on any atom is -0.355 e. The van der Waals surface area contributed by atoms with Gasteiger partial charge < -0.3 is 5.32 Å². The van der Waals surface area contributed by atoms with E-state index in [4.69, 9.17) is 11.6 Å². The summed E-state index contributed by atoms with van der Waals surface area (Å²) in [6.07, 6.45) is 0.736. The second-order valence-corrected chi connectivity index (χ2v) is 7.17. The van der Waals surface area contributed by atoms with Gasteiger partial charge >= 0.3 is 0 Å². The minimum absolute atomic E-state index is 0.0913. The molecule has 3 aromatic rings. The molecular formula is C19H18ClN3O2S.